The maximum Gasteiger partial charge on any atom is 0.255 e. The van der Waals surface area contributed by atoms with E-state index in [-0.39, 0.29) is 5.91 Å². The van der Waals surface area contributed by atoms with E-state index in [0.717, 1.165) is 61.0 Å². The van der Waals surface area contributed by atoms with Gasteiger partial charge in [-0.3, -0.25) is 9.69 Å². The number of morpholine rings is 1. The lowest BCUT2D eigenvalue weighted by atomic mass is 10.1. The number of hydrogen-bond donors (Lipinski definition) is 1. The third kappa shape index (κ3) is 3.72. The van der Waals surface area contributed by atoms with Gasteiger partial charge in [-0.1, -0.05) is 18.2 Å². The van der Waals surface area contributed by atoms with Crippen LogP contribution in [-0.4, -0.2) is 46.7 Å². The van der Waals surface area contributed by atoms with Crippen molar-refractivity contribution in [1.82, 2.24) is 14.5 Å². The van der Waals surface area contributed by atoms with E-state index in [1.165, 1.54) is 0 Å². The molecule has 27 heavy (non-hydrogen) atoms. The van der Waals surface area contributed by atoms with Crippen molar-refractivity contribution < 1.29 is 9.53 Å². The summed E-state index contributed by atoms with van der Waals surface area (Å²) >= 11 is 0. The molecule has 1 aromatic heterocycles. The lowest BCUT2D eigenvalue weighted by Crippen LogP contribution is -2.36. The molecule has 0 unspecified atom stereocenters. The second-order valence-corrected chi connectivity index (χ2v) is 6.95. The van der Waals surface area contributed by atoms with Crippen molar-refractivity contribution in [3.8, 4) is 0 Å². The highest BCUT2D eigenvalue weighted by molar-refractivity contribution is 6.05. The van der Waals surface area contributed by atoms with Crippen LogP contribution >= 0.6 is 0 Å². The van der Waals surface area contributed by atoms with Crippen molar-refractivity contribution in [3.05, 3.63) is 59.4 Å². The maximum absolute atomic E-state index is 12.6. The van der Waals surface area contributed by atoms with Crippen LogP contribution in [0.4, 0.5) is 5.69 Å². The topological polar surface area (TPSA) is 59.4 Å². The van der Waals surface area contributed by atoms with Crippen molar-refractivity contribution in [3.63, 3.8) is 0 Å². The van der Waals surface area contributed by atoms with Crippen LogP contribution in [0.15, 0.2) is 42.5 Å². The highest BCUT2D eigenvalue weighted by Gasteiger charge is 2.16. The van der Waals surface area contributed by atoms with Crippen molar-refractivity contribution in [1.29, 1.82) is 0 Å². The van der Waals surface area contributed by atoms with Gasteiger partial charge in [-0.15, -0.1) is 0 Å². The summed E-state index contributed by atoms with van der Waals surface area (Å²) < 4.78 is 7.54. The largest absolute Gasteiger partial charge is 0.379 e. The van der Waals surface area contributed by atoms with E-state index < -0.39 is 0 Å². The number of nitrogens with zero attached hydrogens (tertiary/aromatic N) is 3. The number of fused-ring (bicyclic) bond motifs is 1. The molecule has 6 nitrogen and oxygen atoms in total. The Morgan fingerprint density at radius 2 is 1.96 bits per heavy atom. The molecule has 1 amide bonds. The van der Waals surface area contributed by atoms with E-state index in [2.05, 4.69) is 14.8 Å². The lowest BCUT2D eigenvalue weighted by molar-refractivity contribution is 0.0328. The third-order valence-electron chi connectivity index (χ3n) is 5.09. The molecule has 2 heterocycles. The summed E-state index contributed by atoms with van der Waals surface area (Å²) in [7, 11) is 2.04. The van der Waals surface area contributed by atoms with Gasteiger partial charge >= 0.3 is 0 Å². The Morgan fingerprint density at radius 3 is 2.74 bits per heavy atom. The van der Waals surface area contributed by atoms with Gasteiger partial charge in [-0.05, 0) is 36.8 Å². The second-order valence-electron chi connectivity index (χ2n) is 6.95. The fourth-order valence-corrected chi connectivity index (χ4v) is 3.45. The van der Waals surface area contributed by atoms with Gasteiger partial charge in [0.05, 0.1) is 30.8 Å². The van der Waals surface area contributed by atoms with Crippen LogP contribution in [-0.2, 0) is 18.3 Å². The molecule has 0 bridgehead atoms. The summed E-state index contributed by atoms with van der Waals surface area (Å²) in [5.41, 5.74) is 4.36. The Hall–Kier alpha value is -2.70. The zero-order chi connectivity index (χ0) is 18.8. The van der Waals surface area contributed by atoms with E-state index in [9.17, 15) is 4.79 Å². The first kappa shape index (κ1) is 17.7. The van der Waals surface area contributed by atoms with E-state index in [0.29, 0.717) is 5.56 Å². The molecule has 0 spiro atoms. The molecular formula is C21H24N4O2. The monoisotopic (exact) mass is 364 g/mol. The van der Waals surface area contributed by atoms with Gasteiger partial charge in [-0.25, -0.2) is 4.98 Å². The Labute approximate surface area is 158 Å². The molecule has 3 aromatic rings. The first-order chi connectivity index (χ1) is 13.1. The van der Waals surface area contributed by atoms with Gasteiger partial charge in [0.1, 0.15) is 5.82 Å². The zero-order valence-electron chi connectivity index (χ0n) is 15.7. The van der Waals surface area contributed by atoms with Crippen molar-refractivity contribution >= 4 is 22.6 Å². The second kappa shape index (κ2) is 7.50. The summed E-state index contributed by atoms with van der Waals surface area (Å²) in [6.07, 6.45) is 0. The quantitative estimate of drug-likeness (QED) is 0.773. The number of anilines is 1. The molecule has 1 N–H and O–H groups in total. The average molecular weight is 364 g/mol. The molecule has 1 aliphatic heterocycles. The Bertz CT molecular complexity index is 973. The average Bonchev–Trinajstić information content (AvgIpc) is 2.98. The van der Waals surface area contributed by atoms with E-state index >= 15 is 0 Å². The summed E-state index contributed by atoms with van der Waals surface area (Å²) in [6, 6.07) is 13.5. The first-order valence-corrected chi connectivity index (χ1v) is 9.24. The molecule has 0 radical (unpaired) electrons. The highest BCUT2D eigenvalue weighted by atomic mass is 16.5. The summed E-state index contributed by atoms with van der Waals surface area (Å²) in [5.74, 6) is 0.922. The molecule has 0 saturated carbocycles. The first-order valence-electron chi connectivity index (χ1n) is 9.24. The van der Waals surface area contributed by atoms with E-state index in [1.807, 2.05) is 56.4 Å². The standard InChI is InChI=1S/C21H24N4O2/c1-15-5-3-4-6-17(15)21(26)22-16-7-8-19-18(13-16)23-20(24(19)2)14-25-9-11-27-12-10-25/h3-8,13H,9-12,14H2,1-2H3,(H,22,26). The maximum atomic E-state index is 12.6. The molecule has 2 aromatic carbocycles. The molecular weight excluding hydrogens is 340 g/mol. The normalized spacial score (nSPS) is 15.2. The Balaban J connectivity index is 1.55. The fraction of sp³-hybridized carbons (Fsp3) is 0.333. The zero-order valence-corrected chi connectivity index (χ0v) is 15.7. The van der Waals surface area contributed by atoms with Gasteiger partial charge in [0, 0.05) is 31.4 Å². The van der Waals surface area contributed by atoms with Crippen LogP contribution in [0.2, 0.25) is 0 Å². The molecule has 1 fully saturated rings. The summed E-state index contributed by atoms with van der Waals surface area (Å²) in [5, 5.41) is 2.99. The number of hydrogen-bond acceptors (Lipinski definition) is 4. The van der Waals surface area contributed by atoms with Crippen molar-refractivity contribution in [2.24, 2.45) is 7.05 Å². The Morgan fingerprint density at radius 1 is 1.19 bits per heavy atom. The fourth-order valence-electron chi connectivity index (χ4n) is 3.45. The SMILES string of the molecule is Cc1ccccc1C(=O)Nc1ccc2c(c1)nc(CN1CCOCC1)n2C. The lowest BCUT2D eigenvalue weighted by Gasteiger charge is -2.26. The molecule has 1 aliphatic rings. The van der Waals surface area contributed by atoms with Crippen LogP contribution in [0.5, 0.6) is 0 Å². The van der Waals surface area contributed by atoms with Crippen LogP contribution in [0.3, 0.4) is 0 Å². The minimum absolute atomic E-state index is 0.100. The summed E-state index contributed by atoms with van der Waals surface area (Å²) in [4.78, 5) is 19.7. The van der Waals surface area contributed by atoms with Gasteiger partial charge in [0.25, 0.3) is 5.91 Å². The predicted molar refractivity (Wildman–Crippen MR) is 106 cm³/mol. The molecule has 0 aliphatic carbocycles. The number of carbonyl (C=O) groups excluding carboxylic acids is 1. The van der Waals surface area contributed by atoms with Crippen LogP contribution < -0.4 is 5.32 Å². The van der Waals surface area contributed by atoms with Crippen LogP contribution in [0.25, 0.3) is 11.0 Å². The van der Waals surface area contributed by atoms with Crippen LogP contribution in [0.1, 0.15) is 21.7 Å². The highest BCUT2D eigenvalue weighted by Crippen LogP contribution is 2.21. The van der Waals surface area contributed by atoms with E-state index in [1.54, 1.807) is 0 Å². The minimum atomic E-state index is -0.100. The summed E-state index contributed by atoms with van der Waals surface area (Å²) in [6.45, 7) is 6.16. The smallest absolute Gasteiger partial charge is 0.255 e. The molecule has 0 atom stereocenters. The van der Waals surface area contributed by atoms with Crippen molar-refractivity contribution in [2.45, 2.75) is 13.5 Å². The van der Waals surface area contributed by atoms with Gasteiger partial charge in [0.2, 0.25) is 0 Å². The van der Waals surface area contributed by atoms with Crippen molar-refractivity contribution in [2.75, 3.05) is 31.6 Å². The predicted octanol–water partition coefficient (Wildman–Crippen LogP) is 2.97. The number of ether oxygens (including phenoxy) is 1. The molecule has 140 valence electrons. The van der Waals surface area contributed by atoms with Gasteiger partial charge in [-0.2, -0.15) is 0 Å². The van der Waals surface area contributed by atoms with Gasteiger partial charge in [0.15, 0.2) is 0 Å². The van der Waals surface area contributed by atoms with Crippen LogP contribution in [0, 0.1) is 6.92 Å². The molecule has 1 saturated heterocycles. The number of aromatic nitrogens is 2. The number of benzene rings is 2. The number of carbonyl (C=O) groups is 1. The number of rotatable bonds is 4. The number of nitrogens with one attached hydrogen (secondary N) is 1. The third-order valence-corrected chi connectivity index (χ3v) is 5.09. The Kier molecular flexibility index (Phi) is 4.92. The molecule has 6 heteroatoms. The number of amides is 1. The van der Waals surface area contributed by atoms with Gasteiger partial charge < -0.3 is 14.6 Å². The van der Waals surface area contributed by atoms with E-state index in [4.69, 9.17) is 9.72 Å². The number of aryl methyl sites for hydroxylation is 2. The number of imidazole rings is 1. The molecule has 4 rings (SSSR count). The minimum Gasteiger partial charge on any atom is -0.379 e.